The summed E-state index contributed by atoms with van der Waals surface area (Å²) in [5, 5.41) is 3.47. The van der Waals surface area contributed by atoms with E-state index in [0.29, 0.717) is 0 Å². The molecule has 2 aromatic heterocycles. The number of pyridine rings is 1. The minimum atomic E-state index is -0.160. The molecule has 1 aliphatic carbocycles. The number of imidazole rings is 1. The van der Waals surface area contributed by atoms with E-state index >= 15 is 0 Å². The lowest BCUT2D eigenvalue weighted by Gasteiger charge is -2.34. The van der Waals surface area contributed by atoms with Crippen molar-refractivity contribution < 1.29 is 4.74 Å². The molecular formula is C31H29N5O. The molecule has 0 amide bonds. The number of nitrogens with zero attached hydrogens (tertiary/aromatic N) is 3. The lowest BCUT2D eigenvalue weighted by molar-refractivity contribution is 0.153. The number of aryl methyl sites for hydroxylation is 1. The summed E-state index contributed by atoms with van der Waals surface area (Å²) in [6.07, 6.45) is 5.14. The van der Waals surface area contributed by atoms with Crippen LogP contribution in [0.2, 0.25) is 0 Å². The first-order valence-corrected chi connectivity index (χ1v) is 13.0. The van der Waals surface area contributed by atoms with Crippen molar-refractivity contribution >= 4 is 16.7 Å². The van der Waals surface area contributed by atoms with Crippen molar-refractivity contribution in [2.24, 2.45) is 0 Å². The Morgan fingerprint density at radius 2 is 1.76 bits per heavy atom. The molecule has 6 heteroatoms. The second-order valence-electron chi connectivity index (χ2n) is 9.94. The van der Waals surface area contributed by atoms with Gasteiger partial charge in [-0.15, -0.1) is 0 Å². The van der Waals surface area contributed by atoms with Gasteiger partial charge < -0.3 is 15.0 Å². The molecule has 0 saturated heterocycles. The highest BCUT2D eigenvalue weighted by Gasteiger charge is 2.28. The van der Waals surface area contributed by atoms with Crippen LogP contribution in [-0.2, 0) is 19.5 Å². The Morgan fingerprint density at radius 3 is 2.65 bits per heavy atom. The van der Waals surface area contributed by atoms with E-state index in [9.17, 15) is 0 Å². The molecule has 2 atom stereocenters. The molecule has 7 rings (SSSR count). The zero-order chi connectivity index (χ0) is 24.6. The van der Waals surface area contributed by atoms with Crippen LogP contribution in [0.5, 0.6) is 5.75 Å². The van der Waals surface area contributed by atoms with Gasteiger partial charge in [0.2, 0.25) is 0 Å². The first-order chi connectivity index (χ1) is 18.3. The summed E-state index contributed by atoms with van der Waals surface area (Å²) in [4.78, 5) is 15.8. The monoisotopic (exact) mass is 487 g/mol. The molecule has 6 nitrogen and oxygen atoms in total. The van der Waals surface area contributed by atoms with Crippen molar-refractivity contribution in [1.29, 1.82) is 0 Å². The first-order valence-electron chi connectivity index (χ1n) is 13.0. The van der Waals surface area contributed by atoms with Crippen LogP contribution in [0.25, 0.3) is 11.0 Å². The van der Waals surface area contributed by atoms with Crippen molar-refractivity contribution in [2.75, 3.05) is 5.32 Å². The normalized spacial score (nSPS) is 18.3. The molecule has 3 aromatic carbocycles. The third kappa shape index (κ3) is 4.34. The molecule has 1 aliphatic heterocycles. The maximum absolute atomic E-state index is 6.11. The summed E-state index contributed by atoms with van der Waals surface area (Å²) in [5.41, 5.74) is 8.09. The summed E-state index contributed by atoms with van der Waals surface area (Å²) < 4.78 is 6.11. The number of para-hydroxylation sites is 4. The smallest absolute Gasteiger partial charge is 0.196 e. The van der Waals surface area contributed by atoms with Crippen LogP contribution in [0.3, 0.4) is 0 Å². The average Bonchev–Trinajstić information content (AvgIpc) is 3.57. The van der Waals surface area contributed by atoms with Crippen LogP contribution in [0.4, 0.5) is 5.69 Å². The van der Waals surface area contributed by atoms with Crippen LogP contribution in [0, 0.1) is 0 Å². The molecule has 0 spiro atoms. The van der Waals surface area contributed by atoms with E-state index < -0.39 is 0 Å². The predicted molar refractivity (Wildman–Crippen MR) is 145 cm³/mol. The van der Waals surface area contributed by atoms with Gasteiger partial charge in [-0.25, -0.2) is 4.98 Å². The number of benzene rings is 3. The second kappa shape index (κ2) is 9.37. The molecule has 2 N–H and O–H groups in total. The highest BCUT2D eigenvalue weighted by atomic mass is 16.5. The molecular weight excluding hydrogens is 458 g/mol. The molecule has 2 unspecified atom stereocenters. The van der Waals surface area contributed by atoms with Crippen molar-refractivity contribution in [3.63, 3.8) is 0 Å². The third-order valence-corrected chi connectivity index (χ3v) is 7.48. The fourth-order valence-electron chi connectivity index (χ4n) is 5.66. The van der Waals surface area contributed by atoms with Gasteiger partial charge >= 0.3 is 0 Å². The van der Waals surface area contributed by atoms with Gasteiger partial charge in [0, 0.05) is 18.3 Å². The fraction of sp³-hybridized carbons (Fsp3) is 0.226. The molecule has 184 valence electrons. The number of hydrogen-bond donors (Lipinski definition) is 2. The Morgan fingerprint density at radius 1 is 0.892 bits per heavy atom. The van der Waals surface area contributed by atoms with E-state index in [4.69, 9.17) is 14.7 Å². The number of H-pyrrole nitrogens is 1. The van der Waals surface area contributed by atoms with Crippen molar-refractivity contribution in [2.45, 2.75) is 44.6 Å². The Labute approximate surface area is 216 Å². The zero-order valence-corrected chi connectivity index (χ0v) is 20.6. The van der Waals surface area contributed by atoms with Crippen LogP contribution in [-0.4, -0.2) is 19.9 Å². The first kappa shape index (κ1) is 22.1. The largest absolute Gasteiger partial charge is 0.464 e. The minimum absolute atomic E-state index is 0.160. The Balaban J connectivity index is 1.16. The number of aromatic amines is 1. The van der Waals surface area contributed by atoms with Gasteiger partial charge in [-0.1, -0.05) is 54.6 Å². The lowest BCUT2D eigenvalue weighted by Crippen LogP contribution is -2.31. The van der Waals surface area contributed by atoms with Gasteiger partial charge in [-0.2, -0.15) is 0 Å². The van der Waals surface area contributed by atoms with Gasteiger partial charge in [0.25, 0.3) is 0 Å². The molecule has 0 radical (unpaired) electrons. The number of anilines is 1. The number of nitrogens with one attached hydrogen (secondary N) is 2. The minimum Gasteiger partial charge on any atom is -0.464 e. The van der Waals surface area contributed by atoms with Crippen LogP contribution in [0.15, 0.2) is 91.1 Å². The number of aromatic nitrogens is 3. The van der Waals surface area contributed by atoms with Gasteiger partial charge in [-0.05, 0) is 60.7 Å². The molecule has 2 aliphatic rings. The lowest BCUT2D eigenvalue weighted by atomic mass is 9.90. The van der Waals surface area contributed by atoms with Gasteiger partial charge in [0.05, 0.1) is 35.0 Å². The zero-order valence-electron chi connectivity index (χ0n) is 20.6. The predicted octanol–water partition coefficient (Wildman–Crippen LogP) is 6.54. The van der Waals surface area contributed by atoms with E-state index in [0.717, 1.165) is 59.8 Å². The molecule has 3 heterocycles. The van der Waals surface area contributed by atoms with Crippen LogP contribution in [0.1, 0.15) is 53.3 Å². The van der Waals surface area contributed by atoms with E-state index in [1.54, 1.807) is 0 Å². The van der Waals surface area contributed by atoms with E-state index in [1.807, 2.05) is 36.5 Å². The van der Waals surface area contributed by atoms with Crippen molar-refractivity contribution in [3.8, 4) is 5.75 Å². The van der Waals surface area contributed by atoms with Gasteiger partial charge in [-0.3, -0.25) is 9.88 Å². The molecule has 37 heavy (non-hydrogen) atoms. The van der Waals surface area contributed by atoms with Gasteiger partial charge in [0.1, 0.15) is 11.6 Å². The van der Waals surface area contributed by atoms with Crippen LogP contribution < -0.4 is 10.1 Å². The van der Waals surface area contributed by atoms with E-state index in [1.165, 1.54) is 23.2 Å². The third-order valence-electron chi connectivity index (χ3n) is 7.48. The maximum atomic E-state index is 6.11. The van der Waals surface area contributed by atoms with E-state index in [2.05, 4.69) is 69.8 Å². The number of fused-ring (bicyclic) bond motifs is 3. The molecule has 0 bridgehead atoms. The Kier molecular flexibility index (Phi) is 5.59. The highest BCUT2D eigenvalue weighted by Crippen LogP contribution is 2.38. The topological polar surface area (TPSA) is 66.1 Å². The van der Waals surface area contributed by atoms with Crippen molar-refractivity contribution in [1.82, 2.24) is 19.9 Å². The fourth-order valence-corrected chi connectivity index (χ4v) is 5.66. The SMILES string of the molecule is c1cnc2c(c1)CCCC2N(Cc1ccc(C2Nc3ccccc3O2)cc1)Cc1nc2ccccc2[nH]1. The quantitative estimate of drug-likeness (QED) is 0.285. The number of rotatable bonds is 6. The summed E-state index contributed by atoms with van der Waals surface area (Å²) in [5.74, 6) is 1.89. The molecule has 0 saturated carbocycles. The van der Waals surface area contributed by atoms with E-state index in [-0.39, 0.29) is 12.3 Å². The average molecular weight is 488 g/mol. The Hall–Kier alpha value is -4.16. The number of hydrogen-bond acceptors (Lipinski definition) is 5. The second-order valence-corrected chi connectivity index (χ2v) is 9.94. The summed E-state index contributed by atoms with van der Waals surface area (Å²) in [7, 11) is 0. The van der Waals surface area contributed by atoms with Crippen molar-refractivity contribution in [3.05, 3.63) is 119 Å². The summed E-state index contributed by atoms with van der Waals surface area (Å²) >= 11 is 0. The number of ether oxygens (including phenoxy) is 1. The molecule has 5 aromatic rings. The molecule has 0 fully saturated rings. The highest BCUT2D eigenvalue weighted by molar-refractivity contribution is 5.74. The standard InChI is InChI=1S/C31H29N5O/c1-2-10-25-24(9-1)33-29(34-25)20-36(27-12-5-7-22-8-6-18-32-30(22)27)19-21-14-16-23(17-15-21)31-35-26-11-3-4-13-28(26)37-31/h1-4,6,8-11,13-18,27,31,35H,5,7,12,19-20H2,(H,33,34). The maximum Gasteiger partial charge on any atom is 0.196 e. The van der Waals surface area contributed by atoms with Gasteiger partial charge in [0.15, 0.2) is 6.23 Å². The summed E-state index contributed by atoms with van der Waals surface area (Å²) in [6, 6.07) is 29.6. The van der Waals surface area contributed by atoms with Crippen LogP contribution >= 0.6 is 0 Å². The summed E-state index contributed by atoms with van der Waals surface area (Å²) in [6.45, 7) is 1.55. The Bertz CT molecular complexity index is 1490.